The highest BCUT2D eigenvalue weighted by Gasteiger charge is 2.28. The van der Waals surface area contributed by atoms with E-state index in [0.29, 0.717) is 12.4 Å². The first kappa shape index (κ1) is 13.3. The minimum atomic E-state index is 0.107. The molecule has 0 N–H and O–H groups in total. The quantitative estimate of drug-likeness (QED) is 0.872. The molecule has 3 rings (SSSR count). The van der Waals surface area contributed by atoms with Gasteiger partial charge in [0.25, 0.3) is 5.91 Å². The van der Waals surface area contributed by atoms with E-state index in [1.54, 1.807) is 11.3 Å². The largest absolute Gasteiger partial charge is 0.339 e. The van der Waals surface area contributed by atoms with Crippen LogP contribution in [0.25, 0.3) is 0 Å². The maximum atomic E-state index is 12.4. The zero-order valence-electron chi connectivity index (χ0n) is 11.4. The van der Waals surface area contributed by atoms with Crippen molar-refractivity contribution in [2.45, 2.75) is 32.1 Å². The van der Waals surface area contributed by atoms with Crippen molar-refractivity contribution < 1.29 is 9.32 Å². The number of rotatable bonds is 3. The second-order valence-electron chi connectivity index (χ2n) is 5.00. The van der Waals surface area contributed by atoms with Gasteiger partial charge in [0.2, 0.25) is 5.89 Å². The molecule has 2 aromatic heterocycles. The molecule has 3 heterocycles. The smallest absolute Gasteiger partial charge is 0.254 e. The summed E-state index contributed by atoms with van der Waals surface area (Å²) >= 11 is 1.55. The van der Waals surface area contributed by atoms with Gasteiger partial charge < -0.3 is 9.42 Å². The normalized spacial score (nSPS) is 19.2. The molecule has 0 bridgehead atoms. The molecule has 0 spiro atoms. The molecule has 0 saturated carbocycles. The Labute approximate surface area is 121 Å². The van der Waals surface area contributed by atoms with Crippen LogP contribution in [0.2, 0.25) is 0 Å². The first-order chi connectivity index (χ1) is 9.78. The molecule has 6 heteroatoms. The molecule has 0 unspecified atom stereocenters. The van der Waals surface area contributed by atoms with Gasteiger partial charge in [-0.2, -0.15) is 16.3 Å². The lowest BCUT2D eigenvalue weighted by atomic mass is 9.97. The lowest BCUT2D eigenvalue weighted by molar-refractivity contribution is 0.0704. The molecular weight excluding hydrogens is 274 g/mol. The summed E-state index contributed by atoms with van der Waals surface area (Å²) < 4.78 is 5.17. The van der Waals surface area contributed by atoms with Crippen LogP contribution < -0.4 is 0 Å². The molecule has 1 atom stereocenters. The Hall–Kier alpha value is -1.69. The molecule has 2 aromatic rings. The summed E-state index contributed by atoms with van der Waals surface area (Å²) in [4.78, 5) is 18.7. The topological polar surface area (TPSA) is 59.2 Å². The Bertz CT molecular complexity index is 579. The average molecular weight is 291 g/mol. The first-order valence-corrected chi connectivity index (χ1v) is 7.86. The number of aromatic nitrogens is 2. The second-order valence-corrected chi connectivity index (χ2v) is 5.78. The molecule has 1 saturated heterocycles. The third-order valence-corrected chi connectivity index (χ3v) is 4.31. The van der Waals surface area contributed by atoms with Gasteiger partial charge in [0.15, 0.2) is 5.82 Å². The Balaban J connectivity index is 1.71. The Kier molecular flexibility index (Phi) is 3.82. The lowest BCUT2D eigenvalue weighted by Crippen LogP contribution is -2.39. The van der Waals surface area contributed by atoms with Crippen molar-refractivity contribution in [3.8, 4) is 0 Å². The van der Waals surface area contributed by atoms with E-state index >= 15 is 0 Å². The third-order valence-electron chi connectivity index (χ3n) is 3.63. The van der Waals surface area contributed by atoms with Crippen LogP contribution in [0.1, 0.15) is 47.8 Å². The third kappa shape index (κ3) is 2.60. The fourth-order valence-corrected chi connectivity index (χ4v) is 3.15. The highest BCUT2D eigenvalue weighted by molar-refractivity contribution is 7.08. The van der Waals surface area contributed by atoms with Crippen molar-refractivity contribution in [3.05, 3.63) is 34.1 Å². The van der Waals surface area contributed by atoms with Crippen LogP contribution in [0, 0.1) is 0 Å². The molecule has 20 heavy (non-hydrogen) atoms. The highest BCUT2D eigenvalue weighted by atomic mass is 32.1. The predicted molar refractivity (Wildman–Crippen MR) is 75.9 cm³/mol. The summed E-state index contributed by atoms with van der Waals surface area (Å²) in [5, 5.41) is 7.88. The van der Waals surface area contributed by atoms with Crippen LogP contribution in [0.15, 0.2) is 21.3 Å². The minimum absolute atomic E-state index is 0.107. The summed E-state index contributed by atoms with van der Waals surface area (Å²) in [6.45, 7) is 3.48. The Morgan fingerprint density at radius 2 is 2.50 bits per heavy atom. The maximum absolute atomic E-state index is 12.4. The number of piperidine rings is 1. The van der Waals surface area contributed by atoms with Crippen LogP contribution in [0.5, 0.6) is 0 Å². The van der Waals surface area contributed by atoms with Gasteiger partial charge in [0.05, 0.1) is 5.56 Å². The number of carbonyl (C=O) groups excluding carboxylic acids is 1. The Morgan fingerprint density at radius 1 is 1.60 bits per heavy atom. The fourth-order valence-electron chi connectivity index (χ4n) is 2.52. The summed E-state index contributed by atoms with van der Waals surface area (Å²) in [6.07, 6.45) is 2.74. The van der Waals surface area contributed by atoms with Gasteiger partial charge in [-0.25, -0.2) is 0 Å². The summed E-state index contributed by atoms with van der Waals surface area (Å²) in [5.74, 6) is 1.71. The van der Waals surface area contributed by atoms with Gasteiger partial charge in [0.1, 0.15) is 0 Å². The summed E-state index contributed by atoms with van der Waals surface area (Å²) in [6, 6.07) is 1.88. The zero-order chi connectivity index (χ0) is 13.9. The van der Waals surface area contributed by atoms with Crippen LogP contribution in [0.3, 0.4) is 0 Å². The lowest BCUT2D eigenvalue weighted by Gasteiger charge is -2.31. The molecule has 1 amide bonds. The molecular formula is C14H17N3O2S. The second kappa shape index (κ2) is 5.75. The van der Waals surface area contributed by atoms with E-state index in [2.05, 4.69) is 10.1 Å². The van der Waals surface area contributed by atoms with Crippen molar-refractivity contribution in [3.63, 3.8) is 0 Å². The number of hydrogen-bond donors (Lipinski definition) is 0. The standard InChI is InChI=1S/C14H17N3O2S/c1-2-12-15-13(16-19-12)10-4-3-6-17(8-10)14(18)11-5-7-20-9-11/h5,7,9-10H,2-4,6,8H2,1H3/t10-/m1/s1. The molecule has 5 nitrogen and oxygen atoms in total. The molecule has 1 fully saturated rings. The van der Waals surface area contributed by atoms with E-state index in [9.17, 15) is 4.79 Å². The number of likely N-dealkylation sites (tertiary alicyclic amines) is 1. The van der Waals surface area contributed by atoms with Crippen molar-refractivity contribution in [1.82, 2.24) is 15.0 Å². The van der Waals surface area contributed by atoms with E-state index in [1.807, 2.05) is 28.7 Å². The zero-order valence-corrected chi connectivity index (χ0v) is 12.2. The van der Waals surface area contributed by atoms with Gasteiger partial charge in [-0.3, -0.25) is 4.79 Å². The summed E-state index contributed by atoms with van der Waals surface area (Å²) in [7, 11) is 0. The fraction of sp³-hybridized carbons (Fsp3) is 0.500. The van der Waals surface area contributed by atoms with Crippen molar-refractivity contribution in [1.29, 1.82) is 0 Å². The Morgan fingerprint density at radius 3 is 3.20 bits per heavy atom. The van der Waals surface area contributed by atoms with Crippen molar-refractivity contribution in [2.75, 3.05) is 13.1 Å². The number of thiophene rings is 1. The van der Waals surface area contributed by atoms with E-state index in [1.165, 1.54) is 0 Å². The summed E-state index contributed by atoms with van der Waals surface area (Å²) in [5.41, 5.74) is 0.776. The van der Waals surface area contributed by atoms with Gasteiger partial charge in [0, 0.05) is 30.8 Å². The number of aryl methyl sites for hydroxylation is 1. The van der Waals surface area contributed by atoms with Crippen LogP contribution in [-0.4, -0.2) is 34.0 Å². The van der Waals surface area contributed by atoms with Crippen molar-refractivity contribution in [2.24, 2.45) is 0 Å². The van der Waals surface area contributed by atoms with Gasteiger partial charge in [-0.15, -0.1) is 0 Å². The molecule has 106 valence electrons. The van der Waals surface area contributed by atoms with E-state index in [-0.39, 0.29) is 11.8 Å². The van der Waals surface area contributed by atoms with Gasteiger partial charge in [-0.05, 0) is 24.3 Å². The predicted octanol–water partition coefficient (Wildman–Crippen LogP) is 2.71. The number of amides is 1. The first-order valence-electron chi connectivity index (χ1n) is 6.92. The SMILES string of the molecule is CCc1nc([C@@H]2CCCN(C(=O)c3ccsc3)C2)no1. The number of hydrogen-bond acceptors (Lipinski definition) is 5. The number of nitrogens with zero attached hydrogens (tertiary/aromatic N) is 3. The minimum Gasteiger partial charge on any atom is -0.339 e. The van der Waals surface area contributed by atoms with Gasteiger partial charge in [-0.1, -0.05) is 12.1 Å². The van der Waals surface area contributed by atoms with E-state index in [4.69, 9.17) is 4.52 Å². The monoisotopic (exact) mass is 291 g/mol. The van der Waals surface area contributed by atoms with E-state index in [0.717, 1.165) is 37.2 Å². The van der Waals surface area contributed by atoms with Gasteiger partial charge >= 0.3 is 0 Å². The highest BCUT2D eigenvalue weighted by Crippen LogP contribution is 2.26. The molecule has 1 aliphatic heterocycles. The molecule has 1 aliphatic rings. The molecule has 0 aliphatic carbocycles. The van der Waals surface area contributed by atoms with E-state index < -0.39 is 0 Å². The molecule has 0 aromatic carbocycles. The van der Waals surface area contributed by atoms with Crippen LogP contribution in [-0.2, 0) is 6.42 Å². The number of carbonyl (C=O) groups is 1. The van der Waals surface area contributed by atoms with Crippen LogP contribution in [0.4, 0.5) is 0 Å². The maximum Gasteiger partial charge on any atom is 0.254 e. The van der Waals surface area contributed by atoms with Crippen molar-refractivity contribution >= 4 is 17.2 Å². The molecule has 0 radical (unpaired) electrons. The van der Waals surface area contributed by atoms with Crippen LogP contribution >= 0.6 is 11.3 Å². The average Bonchev–Trinajstić information content (AvgIpc) is 3.17.